The van der Waals surface area contributed by atoms with E-state index < -0.39 is 77.5 Å². The van der Waals surface area contributed by atoms with E-state index >= 15 is 0 Å². The van der Waals surface area contributed by atoms with Gasteiger partial charge in [-0.25, -0.2) is 14.4 Å². The van der Waals surface area contributed by atoms with Crippen LogP contribution < -0.4 is 24.3 Å². The maximum absolute atomic E-state index is 14.2. The van der Waals surface area contributed by atoms with Gasteiger partial charge in [-0.15, -0.1) is 0 Å². The summed E-state index contributed by atoms with van der Waals surface area (Å²) in [5.41, 5.74) is 2.41. The van der Waals surface area contributed by atoms with Crippen molar-refractivity contribution in [3.8, 4) is 34.8 Å². The molecule has 59 heavy (non-hydrogen) atoms. The van der Waals surface area contributed by atoms with E-state index in [9.17, 15) is 29.9 Å². The van der Waals surface area contributed by atoms with Crippen molar-refractivity contribution in [3.05, 3.63) is 64.8 Å². The van der Waals surface area contributed by atoms with E-state index in [4.69, 9.17) is 68.0 Å². The van der Waals surface area contributed by atoms with Gasteiger partial charge in [0.2, 0.25) is 10.6 Å². The number of alkyl halides is 3. The Kier molecular flexibility index (Phi) is 13.5. The summed E-state index contributed by atoms with van der Waals surface area (Å²) in [6.07, 6.45) is 1.34. The second-order valence-corrected chi connectivity index (χ2v) is 17.5. The normalized spacial score (nSPS) is 23.0. The molecule has 16 nitrogen and oxygen atoms in total. The SMILES string of the molecule is C=CCOC(=O)N1[C@@H]2Cc3cc(C)c(OC)c(OCC=C)c3[C@H]1[C@@H]1C(O)c3c(O)c(C)c4c(c3[C@H](COC(=O)[C@H](CSC)NC(=O)OCC(Cl)(Cl)Cl)N1[C@H]2C#N)OCO4. The van der Waals surface area contributed by atoms with Crippen LogP contribution in [0.25, 0.3) is 0 Å². The molecule has 2 aromatic carbocycles. The predicted octanol–water partition coefficient (Wildman–Crippen LogP) is 5.64. The number of thioether (sulfide) groups is 1. The number of ether oxygens (including phenoxy) is 7. The van der Waals surface area contributed by atoms with Crippen molar-refractivity contribution in [2.45, 2.75) is 66.4 Å². The standard InChI is InChI=1S/C39H43Cl3N4O12S/c1-7-9-53-34-25-20(11-18(3)32(34)52-5)12-22-23(13-43)45-24(14-55-36(49)21(15-59-6)44-37(50)56-16-39(40,41)42)26-27(30(47)19(4)33-35(26)58-17-57-33)31(48)29(45)28(25)46(22)38(51)54-10-8-2/h7-8,11,21-24,28-29,31,47-48H,1-2,9-10,12,14-17H2,3-6H3,(H,44,50)/t21-,22+,23-,24-,28-,29+,31?/m0/s1. The summed E-state index contributed by atoms with van der Waals surface area (Å²) in [6.45, 7) is 9.49. The summed E-state index contributed by atoms with van der Waals surface area (Å²) in [7, 11) is 1.48. The molecule has 1 unspecified atom stereocenters. The maximum atomic E-state index is 14.2. The van der Waals surface area contributed by atoms with Gasteiger partial charge in [0.25, 0.3) is 0 Å². The lowest BCUT2D eigenvalue weighted by atomic mass is 9.70. The number of nitrogens with zero attached hydrogens (tertiary/aromatic N) is 3. The minimum absolute atomic E-state index is 0.0115. The molecule has 0 saturated carbocycles. The van der Waals surface area contributed by atoms with Crippen LogP contribution in [0.15, 0.2) is 31.4 Å². The number of alkyl carbamates (subject to hydrolysis) is 1. The second kappa shape index (κ2) is 18.0. The van der Waals surface area contributed by atoms with Gasteiger partial charge >= 0.3 is 18.2 Å². The van der Waals surface area contributed by atoms with Crippen LogP contribution >= 0.6 is 46.6 Å². The molecule has 2 amide bonds. The number of hydrogen-bond donors (Lipinski definition) is 3. The number of aromatic hydroxyl groups is 1. The Hall–Kier alpha value is -4.44. The van der Waals surface area contributed by atoms with Crippen molar-refractivity contribution in [3.63, 3.8) is 0 Å². The zero-order chi connectivity index (χ0) is 42.9. The second-order valence-electron chi connectivity index (χ2n) is 14.0. The molecule has 20 heteroatoms. The Morgan fingerprint density at radius 1 is 1.10 bits per heavy atom. The van der Waals surface area contributed by atoms with Crippen LogP contribution in [0.3, 0.4) is 0 Å². The van der Waals surface area contributed by atoms with Gasteiger partial charge in [0.15, 0.2) is 23.0 Å². The van der Waals surface area contributed by atoms with E-state index in [2.05, 4.69) is 24.5 Å². The summed E-state index contributed by atoms with van der Waals surface area (Å²) >= 11 is 18.4. The maximum Gasteiger partial charge on any atom is 0.411 e. The molecule has 1 saturated heterocycles. The number of halogens is 3. The lowest BCUT2D eigenvalue weighted by Crippen LogP contribution is -2.71. The van der Waals surface area contributed by atoms with Gasteiger partial charge < -0.3 is 48.7 Å². The lowest BCUT2D eigenvalue weighted by molar-refractivity contribution is -0.155. The minimum atomic E-state index is -1.90. The van der Waals surface area contributed by atoms with Crippen LogP contribution in [0.4, 0.5) is 9.59 Å². The molecule has 3 N–H and O–H groups in total. The molecule has 6 rings (SSSR count). The van der Waals surface area contributed by atoms with Gasteiger partial charge in [0.1, 0.15) is 50.4 Å². The highest BCUT2D eigenvalue weighted by Gasteiger charge is 2.62. The fraction of sp³-hybridized carbons (Fsp3) is 0.487. The predicted molar refractivity (Wildman–Crippen MR) is 217 cm³/mol. The third kappa shape index (κ3) is 8.23. The number of piperazine rings is 1. The van der Waals surface area contributed by atoms with E-state index in [1.54, 1.807) is 24.2 Å². The van der Waals surface area contributed by atoms with Crippen molar-refractivity contribution in [1.29, 1.82) is 5.26 Å². The van der Waals surface area contributed by atoms with Crippen molar-refractivity contribution in [2.75, 3.05) is 52.3 Å². The number of esters is 1. The van der Waals surface area contributed by atoms with Gasteiger partial charge in [-0.2, -0.15) is 17.0 Å². The molecule has 1 fully saturated rings. The van der Waals surface area contributed by atoms with Crippen LogP contribution in [0.1, 0.15) is 51.6 Å². The van der Waals surface area contributed by atoms with E-state index in [1.807, 2.05) is 13.0 Å². The largest absolute Gasteiger partial charge is 0.507 e. The summed E-state index contributed by atoms with van der Waals surface area (Å²) < 4.78 is 38.6. The van der Waals surface area contributed by atoms with E-state index in [-0.39, 0.29) is 71.9 Å². The minimum Gasteiger partial charge on any atom is -0.507 e. The average molecular weight is 898 g/mol. The summed E-state index contributed by atoms with van der Waals surface area (Å²) in [5, 5.41) is 38.2. The number of carbonyl (C=O) groups is 3. The van der Waals surface area contributed by atoms with Gasteiger partial charge in [-0.05, 0) is 37.7 Å². The first-order chi connectivity index (χ1) is 28.1. The smallest absolute Gasteiger partial charge is 0.411 e. The first kappa shape index (κ1) is 44.1. The third-order valence-electron chi connectivity index (χ3n) is 10.6. The Balaban J connectivity index is 1.54. The quantitative estimate of drug-likeness (QED) is 0.0966. The van der Waals surface area contributed by atoms with Crippen LogP contribution in [0.5, 0.6) is 28.7 Å². The van der Waals surface area contributed by atoms with Gasteiger partial charge in [-0.1, -0.05) is 66.2 Å². The van der Waals surface area contributed by atoms with E-state index in [0.29, 0.717) is 11.3 Å². The molecule has 0 aromatic heterocycles. The van der Waals surface area contributed by atoms with Gasteiger partial charge in [0.05, 0.1) is 37.3 Å². The molecule has 0 radical (unpaired) electrons. The van der Waals surface area contributed by atoms with Crippen LogP contribution in [-0.4, -0.2) is 118 Å². The number of aliphatic hydroxyl groups excluding tert-OH is 1. The molecule has 0 spiro atoms. The highest BCUT2D eigenvalue weighted by molar-refractivity contribution is 7.98. The van der Waals surface area contributed by atoms with Crippen molar-refractivity contribution < 1.29 is 57.8 Å². The number of carbonyl (C=O) groups excluding carboxylic acids is 3. The number of nitrogens with one attached hydrogen (secondary N) is 1. The molecule has 7 atom stereocenters. The summed E-state index contributed by atoms with van der Waals surface area (Å²) in [6, 6.07) is -2.55. The molecule has 4 aliphatic rings. The Labute approximate surface area is 359 Å². The molecule has 0 aliphatic carbocycles. The van der Waals surface area contributed by atoms with Crippen LogP contribution in [0, 0.1) is 25.2 Å². The number of aryl methyl sites for hydroxylation is 1. The number of phenolic OH excluding ortho intramolecular Hbond substituents is 1. The van der Waals surface area contributed by atoms with Crippen molar-refractivity contribution in [2.24, 2.45) is 0 Å². The third-order valence-corrected chi connectivity index (χ3v) is 11.6. The Morgan fingerprint density at radius 3 is 2.46 bits per heavy atom. The van der Waals surface area contributed by atoms with Gasteiger partial charge in [0, 0.05) is 28.0 Å². The fourth-order valence-electron chi connectivity index (χ4n) is 8.41. The molecule has 4 heterocycles. The number of aliphatic hydroxyl groups is 1. The molecule has 2 aromatic rings. The zero-order valence-electron chi connectivity index (χ0n) is 32.5. The first-order valence-corrected chi connectivity index (χ1v) is 20.8. The van der Waals surface area contributed by atoms with Crippen LogP contribution in [0.2, 0.25) is 0 Å². The first-order valence-electron chi connectivity index (χ1n) is 18.3. The monoisotopic (exact) mass is 896 g/mol. The number of fused-ring (bicyclic) bond motifs is 9. The topological polar surface area (TPSA) is 199 Å². The molecular weight excluding hydrogens is 855 g/mol. The molecule has 4 aliphatic heterocycles. The summed E-state index contributed by atoms with van der Waals surface area (Å²) in [4.78, 5) is 43.9. The van der Waals surface area contributed by atoms with E-state index in [1.165, 1.54) is 29.8 Å². The molecular formula is C39H43Cl3N4O12S. The number of methoxy groups -OCH3 is 1. The fourth-order valence-corrected chi connectivity index (χ4v) is 9.12. The number of nitriles is 1. The highest BCUT2D eigenvalue weighted by atomic mass is 35.6. The Bertz CT molecular complexity index is 2060. The number of hydrogen-bond acceptors (Lipinski definition) is 15. The summed E-state index contributed by atoms with van der Waals surface area (Å²) in [5.74, 6) is -0.136. The van der Waals surface area contributed by atoms with Crippen molar-refractivity contribution >= 4 is 64.7 Å². The van der Waals surface area contributed by atoms with Gasteiger partial charge in [-0.3, -0.25) is 9.80 Å². The van der Waals surface area contributed by atoms with E-state index in [0.717, 1.165) is 11.1 Å². The lowest BCUT2D eigenvalue weighted by Gasteiger charge is -2.61. The molecule has 318 valence electrons. The average Bonchev–Trinajstić information content (AvgIpc) is 3.69. The molecule has 2 bridgehead atoms. The Morgan fingerprint density at radius 2 is 1.81 bits per heavy atom. The van der Waals surface area contributed by atoms with Crippen molar-refractivity contribution in [1.82, 2.24) is 15.1 Å². The zero-order valence-corrected chi connectivity index (χ0v) is 35.6. The number of rotatable bonds is 13. The number of amides is 2. The number of phenols is 1. The highest BCUT2D eigenvalue weighted by Crippen LogP contribution is 2.61. The van der Waals surface area contributed by atoms with Crippen LogP contribution in [-0.2, 0) is 25.4 Å². The number of benzene rings is 2.